The molecule has 174 valence electrons. The lowest BCUT2D eigenvalue weighted by molar-refractivity contribution is -0.387. The Balaban J connectivity index is 1.68. The van der Waals surface area contributed by atoms with Crippen molar-refractivity contribution in [1.82, 2.24) is 29.5 Å². The van der Waals surface area contributed by atoms with Crippen molar-refractivity contribution in [2.75, 3.05) is 5.32 Å². The average Bonchev–Trinajstić information content (AvgIpc) is 3.45. The van der Waals surface area contributed by atoms with Crippen LogP contribution < -0.4 is 5.32 Å². The number of nitrogens with one attached hydrogen (secondary N) is 1. The minimum atomic E-state index is -4.65. The first-order chi connectivity index (χ1) is 16.1. The number of halogens is 3. The average molecular weight is 490 g/mol. The Morgan fingerprint density at radius 1 is 1.18 bits per heavy atom. The number of nitro groups is 1. The molecule has 0 spiro atoms. The highest BCUT2D eigenvalue weighted by Crippen LogP contribution is 2.35. The van der Waals surface area contributed by atoms with Crippen molar-refractivity contribution >= 4 is 29.0 Å². The van der Waals surface area contributed by atoms with Gasteiger partial charge in [-0.1, -0.05) is 0 Å². The van der Waals surface area contributed by atoms with Crippen LogP contribution in [0.25, 0.3) is 5.69 Å². The third-order valence-electron chi connectivity index (χ3n) is 4.53. The van der Waals surface area contributed by atoms with Crippen molar-refractivity contribution in [3.8, 4) is 5.69 Å². The lowest BCUT2D eigenvalue weighted by Crippen LogP contribution is -2.16. The second kappa shape index (κ2) is 8.93. The van der Waals surface area contributed by atoms with Crippen LogP contribution in [0.5, 0.6) is 0 Å². The van der Waals surface area contributed by atoms with Crippen LogP contribution in [0.1, 0.15) is 15.9 Å². The summed E-state index contributed by atoms with van der Waals surface area (Å²) in [4.78, 5) is 27.8. The molecule has 0 atom stereocenters. The number of carbonyl (C=O) groups is 1. The molecule has 11 nitrogen and oxygen atoms in total. The third-order valence-corrected chi connectivity index (χ3v) is 5.64. The summed E-state index contributed by atoms with van der Waals surface area (Å²) < 4.78 is 42.5. The molecule has 0 aliphatic heterocycles. The van der Waals surface area contributed by atoms with E-state index < -0.39 is 22.6 Å². The molecule has 1 N–H and O–H groups in total. The lowest BCUT2D eigenvalue weighted by Gasteiger charge is -2.14. The number of anilines is 1. The minimum absolute atomic E-state index is 0.128. The third kappa shape index (κ3) is 4.73. The maximum atomic E-state index is 13.2. The molecule has 15 heteroatoms. The van der Waals surface area contributed by atoms with E-state index in [0.29, 0.717) is 5.16 Å². The Bertz CT molecular complexity index is 1370. The Morgan fingerprint density at radius 3 is 2.59 bits per heavy atom. The van der Waals surface area contributed by atoms with Crippen molar-refractivity contribution in [2.24, 2.45) is 7.05 Å². The van der Waals surface area contributed by atoms with Gasteiger partial charge >= 0.3 is 6.18 Å². The molecule has 0 unspecified atom stereocenters. The molecule has 1 amide bonds. The Kier molecular flexibility index (Phi) is 6.02. The monoisotopic (exact) mass is 490 g/mol. The van der Waals surface area contributed by atoms with Gasteiger partial charge in [0.15, 0.2) is 5.16 Å². The first-order valence-corrected chi connectivity index (χ1v) is 10.1. The zero-order valence-corrected chi connectivity index (χ0v) is 17.9. The van der Waals surface area contributed by atoms with Gasteiger partial charge in [0, 0.05) is 18.7 Å². The van der Waals surface area contributed by atoms with Crippen LogP contribution in [0.2, 0.25) is 0 Å². The van der Waals surface area contributed by atoms with Gasteiger partial charge < -0.3 is 9.88 Å². The summed E-state index contributed by atoms with van der Waals surface area (Å²) in [6, 6.07) is 6.45. The van der Waals surface area contributed by atoms with Crippen LogP contribution in [0.15, 0.2) is 65.4 Å². The fourth-order valence-electron chi connectivity index (χ4n) is 2.89. The number of benzene rings is 2. The predicted molar refractivity (Wildman–Crippen MR) is 113 cm³/mol. The SMILES string of the molecule is Cn1cnnc1Sc1ccc(C(=O)Nc2cc(C(F)(F)F)ccc2-n2cncn2)cc1[N+](=O)[O-]. The fourth-order valence-corrected chi connectivity index (χ4v) is 3.74. The Hall–Kier alpha value is -4.27. The zero-order chi connectivity index (χ0) is 24.5. The van der Waals surface area contributed by atoms with Gasteiger partial charge in [-0.15, -0.1) is 10.2 Å². The van der Waals surface area contributed by atoms with Crippen molar-refractivity contribution < 1.29 is 22.9 Å². The maximum absolute atomic E-state index is 13.2. The molecule has 0 fully saturated rings. The van der Waals surface area contributed by atoms with Crippen molar-refractivity contribution in [2.45, 2.75) is 16.2 Å². The lowest BCUT2D eigenvalue weighted by atomic mass is 10.1. The standard InChI is InChI=1S/C19H13F3N8O3S/c1-28-10-24-27-18(28)34-16-5-2-11(6-15(16)30(32)33)17(31)26-13-7-12(19(20,21)22)3-4-14(13)29-9-23-8-25-29/h2-10H,1H3,(H,26,31). The van der Waals surface area contributed by atoms with E-state index >= 15 is 0 Å². The van der Waals surface area contributed by atoms with Crippen LogP contribution >= 0.6 is 11.8 Å². The van der Waals surface area contributed by atoms with Gasteiger partial charge in [0.25, 0.3) is 11.6 Å². The fraction of sp³-hybridized carbons (Fsp3) is 0.105. The van der Waals surface area contributed by atoms with Crippen LogP contribution in [0, 0.1) is 10.1 Å². The summed E-state index contributed by atoms with van der Waals surface area (Å²) in [5.41, 5.74) is -1.57. The highest BCUT2D eigenvalue weighted by molar-refractivity contribution is 7.99. The predicted octanol–water partition coefficient (Wildman–Crippen LogP) is 3.73. The molecule has 2 aromatic carbocycles. The molecule has 0 aliphatic rings. The molecule has 0 aliphatic carbocycles. The summed E-state index contributed by atoms with van der Waals surface area (Å²) in [5, 5.41) is 25.8. The van der Waals surface area contributed by atoms with Gasteiger partial charge in [-0.3, -0.25) is 14.9 Å². The second-order valence-electron chi connectivity index (χ2n) is 6.79. The number of hydrogen-bond acceptors (Lipinski definition) is 8. The van der Waals surface area contributed by atoms with Crippen molar-refractivity contribution in [3.05, 3.63) is 76.6 Å². The van der Waals surface area contributed by atoms with Crippen LogP contribution in [-0.2, 0) is 13.2 Å². The van der Waals surface area contributed by atoms with Gasteiger partial charge in [-0.05, 0) is 42.1 Å². The molecule has 0 saturated carbocycles. The number of aryl methyl sites for hydroxylation is 1. The molecule has 0 saturated heterocycles. The number of carbonyl (C=O) groups excluding carboxylic acids is 1. The number of amides is 1. The topological polar surface area (TPSA) is 134 Å². The first-order valence-electron chi connectivity index (χ1n) is 9.31. The van der Waals surface area contributed by atoms with Gasteiger partial charge in [0.1, 0.15) is 19.0 Å². The summed E-state index contributed by atoms with van der Waals surface area (Å²) in [6.07, 6.45) is -0.794. The Morgan fingerprint density at radius 2 is 1.97 bits per heavy atom. The van der Waals surface area contributed by atoms with Gasteiger partial charge in [0.2, 0.25) is 0 Å². The van der Waals surface area contributed by atoms with E-state index in [1.165, 1.54) is 35.8 Å². The molecule has 2 aromatic heterocycles. The summed E-state index contributed by atoms with van der Waals surface area (Å²) in [7, 11) is 1.66. The highest BCUT2D eigenvalue weighted by atomic mass is 32.2. The number of rotatable bonds is 6. The molecule has 4 aromatic rings. The largest absolute Gasteiger partial charge is 0.416 e. The van der Waals surface area contributed by atoms with E-state index in [2.05, 4.69) is 25.6 Å². The molecule has 34 heavy (non-hydrogen) atoms. The summed E-state index contributed by atoms with van der Waals surface area (Å²) >= 11 is 0.978. The Labute approximate surface area is 192 Å². The quantitative estimate of drug-likeness (QED) is 0.319. The number of aromatic nitrogens is 6. The molecule has 0 bridgehead atoms. The minimum Gasteiger partial charge on any atom is -0.320 e. The van der Waals surface area contributed by atoms with E-state index in [1.807, 2.05) is 0 Å². The van der Waals surface area contributed by atoms with Gasteiger partial charge in [-0.25, -0.2) is 9.67 Å². The van der Waals surface area contributed by atoms with E-state index in [-0.39, 0.29) is 27.5 Å². The molecule has 4 rings (SSSR count). The second-order valence-corrected chi connectivity index (χ2v) is 7.80. The van der Waals surface area contributed by atoms with Crippen LogP contribution in [0.3, 0.4) is 0 Å². The molecular weight excluding hydrogens is 477 g/mol. The first kappa shape index (κ1) is 22.9. The zero-order valence-electron chi connectivity index (χ0n) is 17.1. The number of nitro benzene ring substituents is 1. The van der Waals surface area contributed by atoms with E-state index in [0.717, 1.165) is 36.0 Å². The maximum Gasteiger partial charge on any atom is 0.416 e. The van der Waals surface area contributed by atoms with Crippen LogP contribution in [-0.4, -0.2) is 40.4 Å². The van der Waals surface area contributed by atoms with E-state index in [4.69, 9.17) is 0 Å². The number of alkyl halides is 3. The molecule has 0 radical (unpaired) electrons. The van der Waals surface area contributed by atoms with Crippen molar-refractivity contribution in [1.29, 1.82) is 0 Å². The number of nitrogens with zero attached hydrogens (tertiary/aromatic N) is 7. The van der Waals surface area contributed by atoms with Crippen molar-refractivity contribution in [3.63, 3.8) is 0 Å². The van der Waals surface area contributed by atoms with Gasteiger partial charge in [0.05, 0.1) is 26.8 Å². The summed E-state index contributed by atoms with van der Waals surface area (Å²) in [5.74, 6) is -0.848. The molecular formula is C19H13F3N8O3S. The smallest absolute Gasteiger partial charge is 0.320 e. The highest BCUT2D eigenvalue weighted by Gasteiger charge is 2.31. The van der Waals surface area contributed by atoms with Crippen LogP contribution in [0.4, 0.5) is 24.5 Å². The van der Waals surface area contributed by atoms with Gasteiger partial charge in [-0.2, -0.15) is 18.3 Å². The number of hydrogen-bond donors (Lipinski definition) is 1. The summed E-state index contributed by atoms with van der Waals surface area (Å²) in [6.45, 7) is 0. The van der Waals surface area contributed by atoms with E-state index in [9.17, 15) is 28.1 Å². The molecule has 2 heterocycles. The van der Waals surface area contributed by atoms with E-state index in [1.54, 1.807) is 11.6 Å². The normalized spacial score (nSPS) is 11.4.